The summed E-state index contributed by atoms with van der Waals surface area (Å²) in [6.07, 6.45) is 1.43. The molecule has 0 bridgehead atoms. The molecule has 1 saturated carbocycles. The predicted octanol–water partition coefficient (Wildman–Crippen LogP) is 2.06. The van der Waals surface area contributed by atoms with Crippen molar-refractivity contribution in [2.45, 2.75) is 18.3 Å². The molecule has 2 amide bonds. The summed E-state index contributed by atoms with van der Waals surface area (Å²) in [6, 6.07) is 10.9. The van der Waals surface area contributed by atoms with E-state index >= 15 is 0 Å². The zero-order chi connectivity index (χ0) is 17.2. The van der Waals surface area contributed by atoms with E-state index in [1.54, 1.807) is 5.38 Å². The second-order valence-electron chi connectivity index (χ2n) is 5.60. The molecule has 3 rings (SSSR count). The number of esters is 1. The van der Waals surface area contributed by atoms with Crippen molar-refractivity contribution in [2.75, 3.05) is 11.9 Å². The summed E-state index contributed by atoms with van der Waals surface area (Å²) in [5.41, 5.74) is 5.74. The number of amides is 2. The highest BCUT2D eigenvalue weighted by Crippen LogP contribution is 2.49. The molecule has 2 aromatic rings. The fraction of sp³-hybridized carbons (Fsp3) is 0.235. The van der Waals surface area contributed by atoms with Crippen LogP contribution in [0.2, 0.25) is 0 Å². The Morgan fingerprint density at radius 3 is 2.50 bits per heavy atom. The number of thiophene rings is 1. The van der Waals surface area contributed by atoms with Gasteiger partial charge in [0.25, 0.3) is 11.8 Å². The van der Waals surface area contributed by atoms with E-state index in [9.17, 15) is 14.4 Å². The molecular formula is C17H16N2O4S. The molecule has 0 radical (unpaired) electrons. The molecule has 1 aromatic heterocycles. The molecule has 0 atom stereocenters. The van der Waals surface area contributed by atoms with Gasteiger partial charge in [0, 0.05) is 0 Å². The topological polar surface area (TPSA) is 98.5 Å². The molecule has 0 spiro atoms. The maximum atomic E-state index is 12.3. The fourth-order valence-corrected chi connectivity index (χ4v) is 3.33. The number of primary amides is 1. The fourth-order valence-electron chi connectivity index (χ4n) is 2.52. The number of nitrogens with one attached hydrogen (secondary N) is 1. The number of ether oxygens (including phenoxy) is 1. The predicted molar refractivity (Wildman–Crippen MR) is 89.8 cm³/mol. The van der Waals surface area contributed by atoms with E-state index in [2.05, 4.69) is 5.32 Å². The van der Waals surface area contributed by atoms with Crippen LogP contribution in [-0.2, 0) is 19.7 Å². The van der Waals surface area contributed by atoms with Crippen molar-refractivity contribution in [3.63, 3.8) is 0 Å². The molecule has 7 heteroatoms. The van der Waals surface area contributed by atoms with Gasteiger partial charge in [0.05, 0.1) is 11.0 Å². The van der Waals surface area contributed by atoms with Crippen LogP contribution in [0.4, 0.5) is 5.00 Å². The van der Waals surface area contributed by atoms with Crippen LogP contribution >= 0.6 is 11.3 Å². The highest BCUT2D eigenvalue weighted by atomic mass is 32.1. The summed E-state index contributed by atoms with van der Waals surface area (Å²) < 4.78 is 5.17. The Bertz CT molecular complexity index is 781. The van der Waals surface area contributed by atoms with Gasteiger partial charge in [-0.3, -0.25) is 14.4 Å². The first-order chi connectivity index (χ1) is 11.5. The van der Waals surface area contributed by atoms with E-state index in [0.29, 0.717) is 17.8 Å². The SMILES string of the molecule is NC(=O)c1ccsc1NC(=O)COC(=O)C1(c2ccccc2)CC1. The number of nitrogens with two attached hydrogens (primary N) is 1. The summed E-state index contributed by atoms with van der Waals surface area (Å²) >= 11 is 1.18. The average Bonchev–Trinajstić information content (AvgIpc) is 3.27. The molecule has 0 saturated heterocycles. The van der Waals surface area contributed by atoms with Crippen LogP contribution in [0, 0.1) is 0 Å². The minimum Gasteiger partial charge on any atom is -0.455 e. The van der Waals surface area contributed by atoms with Crippen molar-refractivity contribution in [1.82, 2.24) is 0 Å². The number of carbonyl (C=O) groups is 3. The molecule has 1 aliphatic carbocycles. The van der Waals surface area contributed by atoms with Crippen LogP contribution in [0.25, 0.3) is 0 Å². The van der Waals surface area contributed by atoms with Gasteiger partial charge < -0.3 is 15.8 Å². The monoisotopic (exact) mass is 344 g/mol. The summed E-state index contributed by atoms with van der Waals surface area (Å²) in [4.78, 5) is 35.5. The molecule has 3 N–H and O–H groups in total. The highest BCUT2D eigenvalue weighted by Gasteiger charge is 2.52. The van der Waals surface area contributed by atoms with E-state index in [-0.39, 0.29) is 5.56 Å². The largest absolute Gasteiger partial charge is 0.455 e. The molecule has 1 fully saturated rings. The molecular weight excluding hydrogens is 328 g/mol. The number of benzene rings is 1. The summed E-state index contributed by atoms with van der Waals surface area (Å²) in [5.74, 6) is -1.52. The number of hydrogen-bond acceptors (Lipinski definition) is 5. The lowest BCUT2D eigenvalue weighted by Crippen LogP contribution is -2.28. The van der Waals surface area contributed by atoms with Gasteiger partial charge in [-0.1, -0.05) is 30.3 Å². The average molecular weight is 344 g/mol. The first kappa shape index (κ1) is 16.2. The van der Waals surface area contributed by atoms with Crippen LogP contribution in [0.1, 0.15) is 28.8 Å². The van der Waals surface area contributed by atoms with Gasteiger partial charge in [-0.15, -0.1) is 11.3 Å². The Labute approximate surface area is 142 Å². The third-order valence-electron chi connectivity index (χ3n) is 3.99. The lowest BCUT2D eigenvalue weighted by atomic mass is 9.96. The Morgan fingerprint density at radius 2 is 1.88 bits per heavy atom. The van der Waals surface area contributed by atoms with Crippen LogP contribution in [0.3, 0.4) is 0 Å². The number of anilines is 1. The molecule has 124 valence electrons. The van der Waals surface area contributed by atoms with Gasteiger partial charge in [-0.25, -0.2) is 0 Å². The lowest BCUT2D eigenvalue weighted by molar-refractivity contribution is -0.150. The van der Waals surface area contributed by atoms with Crippen molar-refractivity contribution < 1.29 is 19.1 Å². The minimum absolute atomic E-state index is 0.239. The number of carbonyl (C=O) groups excluding carboxylic acids is 3. The van der Waals surface area contributed by atoms with Crippen molar-refractivity contribution in [2.24, 2.45) is 5.73 Å². The molecule has 1 aromatic carbocycles. The molecule has 0 unspecified atom stereocenters. The quantitative estimate of drug-likeness (QED) is 0.784. The van der Waals surface area contributed by atoms with Gasteiger partial charge in [-0.2, -0.15) is 0 Å². The highest BCUT2D eigenvalue weighted by molar-refractivity contribution is 7.14. The molecule has 0 aliphatic heterocycles. The first-order valence-electron chi connectivity index (χ1n) is 7.43. The molecule has 1 aliphatic rings. The standard InChI is InChI=1S/C17H16N2O4S/c18-14(21)12-6-9-24-15(12)19-13(20)10-23-16(22)17(7-8-17)11-4-2-1-3-5-11/h1-6,9H,7-8,10H2,(H2,18,21)(H,19,20). The van der Waals surface area contributed by atoms with E-state index < -0.39 is 29.8 Å². The molecule has 1 heterocycles. The van der Waals surface area contributed by atoms with Crippen LogP contribution in [0.15, 0.2) is 41.8 Å². The van der Waals surface area contributed by atoms with Crippen molar-refractivity contribution >= 4 is 34.1 Å². The summed E-state index contributed by atoms with van der Waals surface area (Å²) in [6.45, 7) is -0.399. The zero-order valence-corrected chi connectivity index (χ0v) is 13.6. The van der Waals surface area contributed by atoms with Gasteiger partial charge >= 0.3 is 5.97 Å². The van der Waals surface area contributed by atoms with Crippen LogP contribution < -0.4 is 11.1 Å². The number of rotatable bonds is 6. The van der Waals surface area contributed by atoms with Gasteiger partial charge in [0.15, 0.2) is 6.61 Å². The third kappa shape index (κ3) is 3.16. The summed E-state index contributed by atoms with van der Waals surface area (Å²) in [7, 11) is 0. The van der Waals surface area contributed by atoms with E-state index in [0.717, 1.165) is 5.56 Å². The first-order valence-corrected chi connectivity index (χ1v) is 8.31. The van der Waals surface area contributed by atoms with Crippen molar-refractivity contribution in [3.05, 3.63) is 52.9 Å². The zero-order valence-electron chi connectivity index (χ0n) is 12.8. The third-order valence-corrected chi connectivity index (χ3v) is 4.81. The molecule has 6 nitrogen and oxygen atoms in total. The van der Waals surface area contributed by atoms with E-state index in [4.69, 9.17) is 10.5 Å². The smallest absolute Gasteiger partial charge is 0.317 e. The lowest BCUT2D eigenvalue weighted by Gasteiger charge is -2.14. The molecule has 24 heavy (non-hydrogen) atoms. The van der Waals surface area contributed by atoms with Crippen molar-refractivity contribution in [3.8, 4) is 0 Å². The summed E-state index contributed by atoms with van der Waals surface area (Å²) in [5, 5.41) is 4.54. The van der Waals surface area contributed by atoms with Crippen molar-refractivity contribution in [1.29, 1.82) is 0 Å². The second kappa shape index (κ2) is 6.45. The second-order valence-corrected chi connectivity index (χ2v) is 6.52. The Kier molecular flexibility index (Phi) is 4.35. The van der Waals surface area contributed by atoms with Gasteiger partial charge in [0.1, 0.15) is 5.00 Å². The maximum absolute atomic E-state index is 12.3. The Hall–Kier alpha value is -2.67. The normalized spacial score (nSPS) is 14.7. The van der Waals surface area contributed by atoms with Crippen LogP contribution in [0.5, 0.6) is 0 Å². The maximum Gasteiger partial charge on any atom is 0.317 e. The Balaban J connectivity index is 1.58. The van der Waals surface area contributed by atoms with E-state index in [1.165, 1.54) is 17.4 Å². The Morgan fingerprint density at radius 1 is 1.17 bits per heavy atom. The minimum atomic E-state index is -0.622. The van der Waals surface area contributed by atoms with Crippen LogP contribution in [-0.4, -0.2) is 24.4 Å². The number of hydrogen-bond donors (Lipinski definition) is 2. The van der Waals surface area contributed by atoms with Gasteiger partial charge in [-0.05, 0) is 29.9 Å². The van der Waals surface area contributed by atoms with Gasteiger partial charge in [0.2, 0.25) is 0 Å². The van der Waals surface area contributed by atoms with E-state index in [1.807, 2.05) is 30.3 Å².